The molecule has 28 heavy (non-hydrogen) atoms. The highest BCUT2D eigenvalue weighted by molar-refractivity contribution is 5.98. The molecule has 1 aromatic carbocycles. The molecule has 3 aliphatic rings. The molecule has 1 aromatic rings. The molecular formula is C19H21F4N3O2. The van der Waals surface area contributed by atoms with Crippen LogP contribution in [0.25, 0.3) is 0 Å². The van der Waals surface area contributed by atoms with Crippen molar-refractivity contribution in [2.45, 2.75) is 49.5 Å². The van der Waals surface area contributed by atoms with E-state index < -0.39 is 49.2 Å². The number of nitrogens with two attached hydrogens (primary N) is 1. The Hall–Kier alpha value is -2.32. The van der Waals surface area contributed by atoms with Crippen LogP contribution in [0.5, 0.6) is 0 Å². The van der Waals surface area contributed by atoms with Gasteiger partial charge in [-0.15, -0.1) is 0 Å². The van der Waals surface area contributed by atoms with Gasteiger partial charge in [0.05, 0.1) is 13.1 Å². The number of nitrogens with zero attached hydrogens (tertiary/aromatic N) is 2. The van der Waals surface area contributed by atoms with Crippen LogP contribution in [0.15, 0.2) is 18.2 Å². The molecule has 5 nitrogen and oxygen atoms in total. The molecule has 2 aliphatic heterocycles. The van der Waals surface area contributed by atoms with Gasteiger partial charge < -0.3 is 15.5 Å². The minimum atomic E-state index is -3.19. The molecule has 1 saturated carbocycles. The Balaban J connectivity index is 1.66. The first-order valence-electron chi connectivity index (χ1n) is 9.31. The number of carbonyl (C=O) groups is 2. The molecule has 0 unspecified atom stereocenters. The fourth-order valence-corrected chi connectivity index (χ4v) is 4.08. The van der Waals surface area contributed by atoms with E-state index in [-0.39, 0.29) is 24.4 Å². The van der Waals surface area contributed by atoms with Gasteiger partial charge in [-0.1, -0.05) is 6.07 Å². The number of amides is 2. The standard InChI is InChI=1S/C19H21F4N3O2/c20-18(21)5-6-25(9-18)14-7-12(3-4-13(14)11-1-2-11)17(28)26-10-19(22,23)8-15(26)16(24)27/h3-4,7,11,15H,1-2,5-6,8-10H2,(H2,24,27)/t15-/m0/s1. The van der Waals surface area contributed by atoms with Crippen LogP contribution >= 0.6 is 0 Å². The Labute approximate surface area is 159 Å². The first-order chi connectivity index (χ1) is 13.1. The maximum Gasteiger partial charge on any atom is 0.267 e. The second-order valence-corrected chi connectivity index (χ2v) is 7.99. The van der Waals surface area contributed by atoms with Gasteiger partial charge in [0.2, 0.25) is 5.91 Å². The van der Waals surface area contributed by atoms with Gasteiger partial charge in [-0.2, -0.15) is 0 Å². The van der Waals surface area contributed by atoms with Crippen molar-refractivity contribution in [3.05, 3.63) is 29.3 Å². The molecule has 0 bridgehead atoms. The van der Waals surface area contributed by atoms with Crippen LogP contribution in [-0.2, 0) is 4.79 Å². The van der Waals surface area contributed by atoms with E-state index >= 15 is 0 Å². The summed E-state index contributed by atoms with van der Waals surface area (Å²) >= 11 is 0. The molecule has 9 heteroatoms. The van der Waals surface area contributed by atoms with Gasteiger partial charge in [0.1, 0.15) is 6.04 Å². The summed E-state index contributed by atoms with van der Waals surface area (Å²) in [6.07, 6.45) is 0.829. The Morgan fingerprint density at radius 3 is 2.36 bits per heavy atom. The molecule has 1 atom stereocenters. The summed E-state index contributed by atoms with van der Waals surface area (Å²) in [6.45, 7) is -1.16. The van der Waals surface area contributed by atoms with Gasteiger partial charge in [0.25, 0.3) is 17.8 Å². The molecule has 2 N–H and O–H groups in total. The molecule has 2 heterocycles. The lowest BCUT2D eigenvalue weighted by atomic mass is 10.0. The highest BCUT2D eigenvalue weighted by Crippen LogP contribution is 2.46. The van der Waals surface area contributed by atoms with Crippen molar-refractivity contribution >= 4 is 17.5 Å². The van der Waals surface area contributed by atoms with Crippen molar-refractivity contribution in [2.75, 3.05) is 24.5 Å². The Bertz CT molecular complexity index is 825. The maximum absolute atomic E-state index is 13.8. The van der Waals surface area contributed by atoms with E-state index in [9.17, 15) is 27.2 Å². The lowest BCUT2D eigenvalue weighted by molar-refractivity contribution is -0.121. The SMILES string of the molecule is NC(=O)[C@@H]1CC(F)(F)CN1C(=O)c1ccc(C2CC2)c(N2CCC(F)(F)C2)c1. The van der Waals surface area contributed by atoms with E-state index in [0.717, 1.165) is 23.3 Å². The summed E-state index contributed by atoms with van der Waals surface area (Å²) in [6, 6.07) is 3.34. The van der Waals surface area contributed by atoms with Crippen LogP contribution in [0.4, 0.5) is 23.2 Å². The zero-order chi connectivity index (χ0) is 20.3. The first kappa shape index (κ1) is 19.0. The van der Waals surface area contributed by atoms with Gasteiger partial charge in [-0.3, -0.25) is 9.59 Å². The van der Waals surface area contributed by atoms with Gasteiger partial charge in [-0.05, 0) is 36.5 Å². The second kappa shape index (κ2) is 6.35. The monoisotopic (exact) mass is 399 g/mol. The third-order valence-corrected chi connectivity index (χ3v) is 5.66. The number of rotatable bonds is 4. The molecule has 1 aliphatic carbocycles. The van der Waals surface area contributed by atoms with Crippen LogP contribution in [0.2, 0.25) is 0 Å². The minimum absolute atomic E-state index is 0.0959. The van der Waals surface area contributed by atoms with Crippen LogP contribution in [-0.4, -0.2) is 54.2 Å². The maximum atomic E-state index is 13.8. The highest BCUT2D eigenvalue weighted by atomic mass is 19.3. The quantitative estimate of drug-likeness (QED) is 0.792. The van der Waals surface area contributed by atoms with Crippen molar-refractivity contribution in [3.63, 3.8) is 0 Å². The van der Waals surface area contributed by atoms with E-state index in [2.05, 4.69) is 0 Å². The van der Waals surface area contributed by atoms with Crippen LogP contribution < -0.4 is 10.6 Å². The van der Waals surface area contributed by atoms with E-state index in [1.807, 2.05) is 0 Å². The second-order valence-electron chi connectivity index (χ2n) is 7.99. The number of alkyl halides is 4. The van der Waals surface area contributed by atoms with E-state index in [1.54, 1.807) is 11.0 Å². The predicted molar refractivity (Wildman–Crippen MR) is 93.8 cm³/mol. The van der Waals surface area contributed by atoms with Gasteiger partial charge in [-0.25, -0.2) is 17.6 Å². The van der Waals surface area contributed by atoms with Crippen molar-refractivity contribution in [3.8, 4) is 0 Å². The molecule has 2 amide bonds. The van der Waals surface area contributed by atoms with Crippen LogP contribution in [0.1, 0.15) is 47.5 Å². The number of likely N-dealkylation sites (tertiary alicyclic amines) is 1. The Kier molecular flexibility index (Phi) is 4.31. The molecule has 2 saturated heterocycles. The molecule has 152 valence electrons. The van der Waals surface area contributed by atoms with Crippen molar-refractivity contribution in [1.29, 1.82) is 0 Å². The number of halogens is 4. The third kappa shape index (κ3) is 3.54. The summed E-state index contributed by atoms with van der Waals surface area (Å²) in [4.78, 5) is 26.7. The number of primary amides is 1. The summed E-state index contributed by atoms with van der Waals surface area (Å²) < 4.78 is 55.0. The zero-order valence-electron chi connectivity index (χ0n) is 15.1. The average Bonchev–Trinajstić information content (AvgIpc) is 3.32. The summed E-state index contributed by atoms with van der Waals surface area (Å²) in [5, 5.41) is 0. The lowest BCUT2D eigenvalue weighted by Crippen LogP contribution is -2.43. The summed E-state index contributed by atoms with van der Waals surface area (Å²) in [5.41, 5.74) is 6.74. The highest BCUT2D eigenvalue weighted by Gasteiger charge is 2.49. The fraction of sp³-hybridized carbons (Fsp3) is 0.579. The third-order valence-electron chi connectivity index (χ3n) is 5.66. The Morgan fingerprint density at radius 2 is 1.79 bits per heavy atom. The fourth-order valence-electron chi connectivity index (χ4n) is 4.08. The van der Waals surface area contributed by atoms with Crippen LogP contribution in [0, 0.1) is 0 Å². The summed E-state index contributed by atoms with van der Waals surface area (Å²) in [5.74, 6) is -7.45. The van der Waals surface area contributed by atoms with E-state index in [0.29, 0.717) is 5.69 Å². The topological polar surface area (TPSA) is 66.6 Å². The first-order valence-corrected chi connectivity index (χ1v) is 9.31. The molecule has 3 fully saturated rings. The predicted octanol–water partition coefficient (Wildman–Crippen LogP) is 2.74. The van der Waals surface area contributed by atoms with Crippen molar-refractivity contribution < 1.29 is 27.2 Å². The van der Waals surface area contributed by atoms with Gasteiger partial charge in [0.15, 0.2) is 0 Å². The number of carbonyl (C=O) groups excluding carboxylic acids is 2. The van der Waals surface area contributed by atoms with Gasteiger partial charge >= 0.3 is 0 Å². The largest absolute Gasteiger partial charge is 0.368 e. The number of hydrogen-bond acceptors (Lipinski definition) is 3. The molecule has 0 radical (unpaired) electrons. The zero-order valence-corrected chi connectivity index (χ0v) is 15.1. The number of benzene rings is 1. The number of anilines is 1. The van der Waals surface area contributed by atoms with E-state index in [1.165, 1.54) is 12.1 Å². The smallest absolute Gasteiger partial charge is 0.267 e. The molecular weight excluding hydrogens is 378 g/mol. The van der Waals surface area contributed by atoms with E-state index in [4.69, 9.17) is 5.73 Å². The normalized spacial score (nSPS) is 25.9. The Morgan fingerprint density at radius 1 is 1.07 bits per heavy atom. The van der Waals surface area contributed by atoms with Crippen LogP contribution in [0.3, 0.4) is 0 Å². The van der Waals surface area contributed by atoms with Crippen molar-refractivity contribution in [2.24, 2.45) is 5.73 Å². The molecule has 0 aromatic heterocycles. The molecule has 0 spiro atoms. The summed E-state index contributed by atoms with van der Waals surface area (Å²) in [7, 11) is 0. The van der Waals surface area contributed by atoms with Gasteiger partial charge in [0, 0.05) is 30.6 Å². The molecule has 4 rings (SSSR count). The number of hydrogen-bond donors (Lipinski definition) is 1. The van der Waals surface area contributed by atoms with Crippen molar-refractivity contribution in [1.82, 2.24) is 4.90 Å². The average molecular weight is 399 g/mol. The minimum Gasteiger partial charge on any atom is -0.368 e. The lowest BCUT2D eigenvalue weighted by Gasteiger charge is -2.25.